The number of hydrogen-bond acceptors (Lipinski definition) is 4. The number of nitrogens with one attached hydrogen (secondary N) is 1. The highest BCUT2D eigenvalue weighted by molar-refractivity contribution is 8.00. The molecule has 20 heavy (non-hydrogen) atoms. The van der Waals surface area contributed by atoms with Crippen LogP contribution in [0.15, 0.2) is 12.3 Å². The quantitative estimate of drug-likeness (QED) is 0.872. The minimum Gasteiger partial charge on any atom is -0.478 e. The van der Waals surface area contributed by atoms with E-state index in [4.69, 9.17) is 5.11 Å². The molecule has 1 aromatic rings. The largest absolute Gasteiger partial charge is 0.478 e. The molecule has 1 aliphatic rings. The highest BCUT2D eigenvalue weighted by Gasteiger charge is 2.31. The Hall–Kier alpha value is -1.30. The molecule has 0 aliphatic heterocycles. The molecular weight excluding hydrogens is 279 g/mol. The van der Waals surface area contributed by atoms with E-state index < -0.39 is 11.8 Å². The van der Waals surface area contributed by atoms with Crippen LogP contribution in [0.3, 0.4) is 0 Å². The Morgan fingerprint density at radius 1 is 1.50 bits per heavy atom. The molecule has 0 aromatic carbocycles. The van der Waals surface area contributed by atoms with E-state index in [2.05, 4.69) is 16.6 Å². The predicted molar refractivity (Wildman–Crippen MR) is 79.0 cm³/mol. The number of nitrogens with zero attached hydrogens (tertiary/aromatic N) is 1. The average Bonchev–Trinajstić information content (AvgIpc) is 2.47. The highest BCUT2D eigenvalue weighted by atomic mass is 32.2. The van der Waals surface area contributed by atoms with Crippen molar-refractivity contribution < 1.29 is 14.3 Å². The lowest BCUT2D eigenvalue weighted by atomic mass is 9.88. The Bertz CT molecular complexity index is 490. The minimum atomic E-state index is -1.27. The number of carboxylic acid groups (broad SMARTS) is 1. The van der Waals surface area contributed by atoms with Crippen molar-refractivity contribution in [3.63, 3.8) is 0 Å². The molecule has 1 aliphatic carbocycles. The van der Waals surface area contributed by atoms with Crippen LogP contribution in [-0.2, 0) is 0 Å². The molecule has 0 amide bonds. The van der Waals surface area contributed by atoms with Crippen LogP contribution in [0, 0.1) is 5.82 Å². The van der Waals surface area contributed by atoms with Gasteiger partial charge in [-0.15, -0.1) is 0 Å². The van der Waals surface area contributed by atoms with Gasteiger partial charge in [0, 0.05) is 17.5 Å². The number of carbonyl (C=O) groups is 1. The Morgan fingerprint density at radius 2 is 2.20 bits per heavy atom. The van der Waals surface area contributed by atoms with Gasteiger partial charge in [0.1, 0.15) is 5.56 Å². The summed E-state index contributed by atoms with van der Waals surface area (Å²) in [5, 5.41) is 11.9. The van der Waals surface area contributed by atoms with Gasteiger partial charge in [-0.05, 0) is 25.2 Å². The van der Waals surface area contributed by atoms with Gasteiger partial charge in [0.25, 0.3) is 0 Å². The van der Waals surface area contributed by atoms with E-state index >= 15 is 0 Å². The summed E-state index contributed by atoms with van der Waals surface area (Å²) in [5.74, 6) is -2.03. The Balaban J connectivity index is 2.10. The summed E-state index contributed by atoms with van der Waals surface area (Å²) < 4.78 is 14.1. The van der Waals surface area contributed by atoms with Gasteiger partial charge in [0.2, 0.25) is 0 Å². The van der Waals surface area contributed by atoms with Crippen LogP contribution in [-0.4, -0.2) is 33.6 Å². The predicted octanol–water partition coefficient (Wildman–Crippen LogP) is 3.40. The third-order valence-electron chi connectivity index (χ3n) is 3.90. The van der Waals surface area contributed by atoms with Crippen LogP contribution < -0.4 is 5.32 Å². The number of rotatable bonds is 5. The molecule has 0 atom stereocenters. The van der Waals surface area contributed by atoms with Crippen molar-refractivity contribution in [1.29, 1.82) is 0 Å². The minimum absolute atomic E-state index is 0.0314. The number of aromatic carboxylic acids is 1. The van der Waals surface area contributed by atoms with Crippen molar-refractivity contribution in [2.45, 2.75) is 36.9 Å². The normalized spacial score (nSPS) is 17.7. The lowest BCUT2D eigenvalue weighted by Gasteiger charge is -2.36. The van der Waals surface area contributed by atoms with E-state index in [-0.39, 0.29) is 16.1 Å². The Kier molecular flexibility index (Phi) is 4.86. The van der Waals surface area contributed by atoms with Crippen molar-refractivity contribution in [2.24, 2.45) is 0 Å². The zero-order chi connectivity index (χ0) is 14.6. The summed E-state index contributed by atoms with van der Waals surface area (Å²) in [7, 11) is 0. The molecule has 1 heterocycles. The van der Waals surface area contributed by atoms with Gasteiger partial charge in [-0.3, -0.25) is 0 Å². The van der Waals surface area contributed by atoms with Crippen LogP contribution >= 0.6 is 11.8 Å². The van der Waals surface area contributed by atoms with E-state index in [1.165, 1.54) is 31.5 Å². The molecule has 0 bridgehead atoms. The van der Waals surface area contributed by atoms with Gasteiger partial charge < -0.3 is 10.4 Å². The molecule has 110 valence electrons. The summed E-state index contributed by atoms with van der Waals surface area (Å²) in [5.41, 5.74) is -0.343. The molecule has 2 N–H and O–H groups in total. The van der Waals surface area contributed by atoms with E-state index in [9.17, 15) is 9.18 Å². The lowest BCUT2D eigenvalue weighted by Crippen LogP contribution is -2.36. The third kappa shape index (κ3) is 3.23. The first-order valence-corrected chi connectivity index (χ1v) is 7.97. The summed E-state index contributed by atoms with van der Waals surface area (Å²) in [6.45, 7) is 0.612. The zero-order valence-corrected chi connectivity index (χ0v) is 12.3. The van der Waals surface area contributed by atoms with Gasteiger partial charge >= 0.3 is 5.97 Å². The maximum Gasteiger partial charge on any atom is 0.338 e. The molecule has 0 radical (unpaired) electrons. The molecule has 4 nitrogen and oxygen atoms in total. The van der Waals surface area contributed by atoms with Crippen molar-refractivity contribution in [3.8, 4) is 0 Å². The summed E-state index contributed by atoms with van der Waals surface area (Å²) in [6, 6.07) is 1.17. The first-order chi connectivity index (χ1) is 9.58. The molecule has 1 fully saturated rings. The van der Waals surface area contributed by atoms with Gasteiger partial charge in [-0.1, -0.05) is 19.3 Å². The summed E-state index contributed by atoms with van der Waals surface area (Å²) >= 11 is 1.80. The zero-order valence-electron chi connectivity index (χ0n) is 11.5. The number of anilines is 1. The number of hydrogen-bond donors (Lipinski definition) is 2. The second kappa shape index (κ2) is 6.43. The maximum absolute atomic E-state index is 14.0. The van der Waals surface area contributed by atoms with Gasteiger partial charge in [0.05, 0.1) is 0 Å². The van der Waals surface area contributed by atoms with Crippen LogP contribution in [0.5, 0.6) is 0 Å². The fraction of sp³-hybridized carbons (Fsp3) is 0.571. The molecule has 0 saturated heterocycles. The van der Waals surface area contributed by atoms with Gasteiger partial charge in [-0.2, -0.15) is 11.8 Å². The molecule has 0 unspecified atom stereocenters. The monoisotopic (exact) mass is 298 g/mol. The first kappa shape index (κ1) is 15.1. The Labute approximate surface area is 122 Å². The smallest absolute Gasteiger partial charge is 0.338 e. The molecule has 1 aromatic heterocycles. The average molecular weight is 298 g/mol. The van der Waals surface area contributed by atoms with Gasteiger partial charge in [-0.25, -0.2) is 14.2 Å². The van der Waals surface area contributed by atoms with Crippen LogP contribution in [0.1, 0.15) is 42.5 Å². The summed E-state index contributed by atoms with van der Waals surface area (Å²) in [4.78, 5) is 14.8. The molecule has 1 saturated carbocycles. The van der Waals surface area contributed by atoms with E-state index in [0.717, 1.165) is 12.8 Å². The third-order valence-corrected chi connectivity index (χ3v) is 5.31. The van der Waals surface area contributed by atoms with E-state index in [0.29, 0.717) is 6.54 Å². The van der Waals surface area contributed by atoms with Crippen molar-refractivity contribution in [1.82, 2.24) is 4.98 Å². The second-order valence-corrected chi connectivity index (χ2v) is 6.40. The van der Waals surface area contributed by atoms with Crippen molar-refractivity contribution in [2.75, 3.05) is 18.1 Å². The number of thioether (sulfide) groups is 1. The van der Waals surface area contributed by atoms with E-state index in [1.54, 1.807) is 11.8 Å². The molecule has 2 rings (SSSR count). The lowest BCUT2D eigenvalue weighted by molar-refractivity contribution is 0.0692. The number of aromatic nitrogens is 1. The van der Waals surface area contributed by atoms with Crippen LogP contribution in [0.25, 0.3) is 0 Å². The first-order valence-electron chi connectivity index (χ1n) is 6.75. The van der Waals surface area contributed by atoms with Crippen LogP contribution in [0.4, 0.5) is 10.2 Å². The maximum atomic E-state index is 14.0. The molecule has 0 spiro atoms. The molecule has 6 heteroatoms. The fourth-order valence-electron chi connectivity index (χ4n) is 2.63. The fourth-order valence-corrected chi connectivity index (χ4v) is 3.54. The summed E-state index contributed by atoms with van der Waals surface area (Å²) in [6.07, 6.45) is 9.22. The highest BCUT2D eigenvalue weighted by Crippen LogP contribution is 2.38. The molecular formula is C14H19FN2O2S. The standard InChI is InChI=1S/C14H19FN2O2S/c1-20-14(6-3-2-4-7-14)9-17-12-11(15)10(13(18)19)5-8-16-12/h5,8H,2-4,6-7,9H2,1H3,(H,16,17)(H,18,19). The SMILES string of the molecule is CSC1(CNc2nccc(C(=O)O)c2F)CCCCC1. The van der Waals surface area contributed by atoms with E-state index in [1.807, 2.05) is 0 Å². The topological polar surface area (TPSA) is 62.2 Å². The number of pyridine rings is 1. The van der Waals surface area contributed by atoms with Gasteiger partial charge in [0.15, 0.2) is 11.6 Å². The van der Waals surface area contributed by atoms with Crippen molar-refractivity contribution in [3.05, 3.63) is 23.6 Å². The van der Waals surface area contributed by atoms with Crippen LogP contribution in [0.2, 0.25) is 0 Å². The number of halogens is 1. The second-order valence-electron chi connectivity index (χ2n) is 5.13. The Morgan fingerprint density at radius 3 is 2.80 bits per heavy atom. The number of carboxylic acids is 1. The van der Waals surface area contributed by atoms with Crippen molar-refractivity contribution >= 4 is 23.5 Å².